The van der Waals surface area contributed by atoms with Crippen LogP contribution >= 0.6 is 0 Å². The normalized spacial score (nSPS) is 17.7. The molecule has 1 aliphatic rings. The first-order valence-electron chi connectivity index (χ1n) is 7.09. The first-order valence-corrected chi connectivity index (χ1v) is 7.09. The molecule has 0 radical (unpaired) electrons. The molecule has 1 aromatic carbocycles. The van der Waals surface area contributed by atoms with Crippen LogP contribution in [0.5, 0.6) is 0 Å². The van der Waals surface area contributed by atoms with Crippen molar-refractivity contribution in [3.8, 4) is 0 Å². The molecule has 1 fully saturated rings. The summed E-state index contributed by atoms with van der Waals surface area (Å²) in [6, 6.07) is 10.8. The molecule has 1 nitrogen and oxygen atoms in total. The first kappa shape index (κ1) is 12.6. The van der Waals surface area contributed by atoms with Gasteiger partial charge in [-0.2, -0.15) is 0 Å². The zero-order valence-corrected chi connectivity index (χ0v) is 11.0. The predicted octanol–water partition coefficient (Wildman–Crippen LogP) is 3.79. The van der Waals surface area contributed by atoms with Crippen molar-refractivity contribution in [1.82, 2.24) is 5.32 Å². The second-order valence-electron chi connectivity index (χ2n) is 5.47. The Morgan fingerprint density at radius 1 is 1.18 bits per heavy atom. The van der Waals surface area contributed by atoms with Crippen molar-refractivity contribution in [1.29, 1.82) is 0 Å². The van der Waals surface area contributed by atoms with Gasteiger partial charge in [0.25, 0.3) is 0 Å². The molecule has 0 amide bonds. The van der Waals surface area contributed by atoms with Crippen LogP contribution in [0.15, 0.2) is 30.3 Å². The van der Waals surface area contributed by atoms with E-state index in [2.05, 4.69) is 42.6 Å². The predicted molar refractivity (Wildman–Crippen MR) is 74.2 cm³/mol. The highest BCUT2D eigenvalue weighted by molar-refractivity contribution is 5.14. The Bertz CT molecular complexity index is 308. The Balaban J connectivity index is 1.58. The smallest absolute Gasteiger partial charge is 0.000770 e. The average molecular weight is 231 g/mol. The molecule has 94 valence electrons. The number of benzene rings is 1. The molecule has 1 N–H and O–H groups in total. The molecule has 0 bridgehead atoms. The van der Waals surface area contributed by atoms with Gasteiger partial charge in [0.15, 0.2) is 0 Å². The molecule has 0 aliphatic heterocycles. The Labute approximate surface area is 106 Å². The lowest BCUT2D eigenvalue weighted by atomic mass is 9.67. The van der Waals surface area contributed by atoms with E-state index >= 15 is 0 Å². The van der Waals surface area contributed by atoms with Crippen molar-refractivity contribution < 1.29 is 0 Å². The van der Waals surface area contributed by atoms with E-state index in [9.17, 15) is 0 Å². The summed E-state index contributed by atoms with van der Waals surface area (Å²) in [6.45, 7) is 4.74. The van der Waals surface area contributed by atoms with E-state index in [0.717, 1.165) is 6.54 Å². The number of nitrogens with one attached hydrogen (secondary N) is 1. The lowest BCUT2D eigenvalue weighted by Crippen LogP contribution is -2.39. The molecule has 0 aromatic heterocycles. The van der Waals surface area contributed by atoms with E-state index in [1.54, 1.807) is 0 Å². The molecule has 0 atom stereocenters. The van der Waals surface area contributed by atoms with E-state index in [4.69, 9.17) is 0 Å². The van der Waals surface area contributed by atoms with Gasteiger partial charge in [-0.15, -0.1) is 0 Å². The quantitative estimate of drug-likeness (QED) is 0.704. The third kappa shape index (κ3) is 3.57. The largest absolute Gasteiger partial charge is 0.316 e. The molecule has 1 aromatic rings. The molecule has 0 saturated heterocycles. The summed E-state index contributed by atoms with van der Waals surface area (Å²) in [5.41, 5.74) is 2.12. The lowest BCUT2D eigenvalue weighted by Gasteiger charge is -2.41. The van der Waals surface area contributed by atoms with E-state index in [-0.39, 0.29) is 0 Å². The van der Waals surface area contributed by atoms with Crippen LogP contribution in [-0.2, 0) is 6.42 Å². The van der Waals surface area contributed by atoms with Crippen molar-refractivity contribution in [3.63, 3.8) is 0 Å². The van der Waals surface area contributed by atoms with Gasteiger partial charge < -0.3 is 5.32 Å². The Kier molecular flexibility index (Phi) is 4.61. The molecule has 2 rings (SSSR count). The van der Waals surface area contributed by atoms with E-state index < -0.39 is 0 Å². The van der Waals surface area contributed by atoms with Crippen LogP contribution in [-0.4, -0.2) is 13.1 Å². The maximum Gasteiger partial charge on any atom is 0.000770 e. The molecular formula is C16H25N. The van der Waals surface area contributed by atoms with Crippen LogP contribution in [0.25, 0.3) is 0 Å². The highest BCUT2D eigenvalue weighted by Crippen LogP contribution is 2.42. The molecule has 0 heterocycles. The van der Waals surface area contributed by atoms with Crippen LogP contribution in [0.3, 0.4) is 0 Å². The number of hydrogen-bond donors (Lipinski definition) is 1. The van der Waals surface area contributed by atoms with Crippen LogP contribution in [0.1, 0.15) is 44.6 Å². The summed E-state index contributed by atoms with van der Waals surface area (Å²) in [7, 11) is 0. The van der Waals surface area contributed by atoms with Crippen LogP contribution in [0.2, 0.25) is 0 Å². The summed E-state index contributed by atoms with van der Waals surface area (Å²) in [5, 5.41) is 3.65. The minimum absolute atomic E-state index is 0.659. The monoisotopic (exact) mass is 231 g/mol. The fourth-order valence-corrected chi connectivity index (χ4v) is 2.75. The lowest BCUT2D eigenvalue weighted by molar-refractivity contribution is 0.124. The van der Waals surface area contributed by atoms with E-state index in [1.807, 2.05) is 0 Å². The number of rotatable bonds is 7. The maximum atomic E-state index is 3.65. The summed E-state index contributed by atoms with van der Waals surface area (Å²) < 4.78 is 0. The second-order valence-corrected chi connectivity index (χ2v) is 5.47. The average Bonchev–Trinajstić information content (AvgIpc) is 2.33. The van der Waals surface area contributed by atoms with Crippen molar-refractivity contribution >= 4 is 0 Å². The van der Waals surface area contributed by atoms with E-state index in [1.165, 1.54) is 50.6 Å². The minimum atomic E-state index is 0.659. The third-order valence-corrected chi connectivity index (χ3v) is 4.33. The number of aryl methyl sites for hydroxylation is 1. The Hall–Kier alpha value is -0.820. The number of hydrogen-bond acceptors (Lipinski definition) is 1. The van der Waals surface area contributed by atoms with Gasteiger partial charge in [-0.1, -0.05) is 43.7 Å². The van der Waals surface area contributed by atoms with Gasteiger partial charge in [0.05, 0.1) is 0 Å². The Morgan fingerprint density at radius 2 is 1.94 bits per heavy atom. The molecule has 1 heteroatoms. The zero-order valence-electron chi connectivity index (χ0n) is 11.0. The first-order chi connectivity index (χ1) is 8.35. The summed E-state index contributed by atoms with van der Waals surface area (Å²) >= 11 is 0. The highest BCUT2D eigenvalue weighted by Gasteiger charge is 2.34. The fourth-order valence-electron chi connectivity index (χ4n) is 2.75. The molecular weight excluding hydrogens is 206 g/mol. The van der Waals surface area contributed by atoms with Crippen molar-refractivity contribution in [2.45, 2.75) is 45.4 Å². The van der Waals surface area contributed by atoms with Crippen molar-refractivity contribution in [2.75, 3.05) is 13.1 Å². The van der Waals surface area contributed by atoms with Gasteiger partial charge in [-0.05, 0) is 49.6 Å². The standard InChI is InChI=1S/C16H25N/c1-2-16(11-7-12-16)14-17-13-6-10-15-8-4-3-5-9-15/h3-5,8-9,17H,2,6-7,10-14H2,1H3. The van der Waals surface area contributed by atoms with Gasteiger partial charge in [-0.25, -0.2) is 0 Å². The van der Waals surface area contributed by atoms with Crippen LogP contribution in [0, 0.1) is 5.41 Å². The summed E-state index contributed by atoms with van der Waals surface area (Å²) in [6.07, 6.45) is 8.12. The summed E-state index contributed by atoms with van der Waals surface area (Å²) in [5.74, 6) is 0. The topological polar surface area (TPSA) is 12.0 Å². The van der Waals surface area contributed by atoms with Gasteiger partial charge in [0, 0.05) is 6.54 Å². The summed E-state index contributed by atoms with van der Waals surface area (Å²) in [4.78, 5) is 0. The molecule has 0 unspecified atom stereocenters. The molecule has 0 spiro atoms. The van der Waals surface area contributed by atoms with Gasteiger partial charge in [0.2, 0.25) is 0 Å². The third-order valence-electron chi connectivity index (χ3n) is 4.33. The molecule has 1 saturated carbocycles. The van der Waals surface area contributed by atoms with E-state index in [0.29, 0.717) is 5.41 Å². The van der Waals surface area contributed by atoms with Crippen molar-refractivity contribution in [3.05, 3.63) is 35.9 Å². The SMILES string of the molecule is CCC1(CNCCCc2ccccc2)CCC1. The Morgan fingerprint density at radius 3 is 2.53 bits per heavy atom. The fraction of sp³-hybridized carbons (Fsp3) is 0.625. The minimum Gasteiger partial charge on any atom is -0.316 e. The highest BCUT2D eigenvalue weighted by atomic mass is 14.9. The van der Waals surface area contributed by atoms with Gasteiger partial charge in [-0.3, -0.25) is 0 Å². The van der Waals surface area contributed by atoms with Gasteiger partial charge >= 0.3 is 0 Å². The van der Waals surface area contributed by atoms with Crippen molar-refractivity contribution in [2.24, 2.45) is 5.41 Å². The van der Waals surface area contributed by atoms with Gasteiger partial charge in [0.1, 0.15) is 0 Å². The zero-order chi connectivity index (χ0) is 12.0. The second kappa shape index (κ2) is 6.20. The van der Waals surface area contributed by atoms with Crippen LogP contribution < -0.4 is 5.32 Å². The molecule has 1 aliphatic carbocycles. The van der Waals surface area contributed by atoms with Crippen LogP contribution in [0.4, 0.5) is 0 Å². The maximum absolute atomic E-state index is 3.65. The molecule has 17 heavy (non-hydrogen) atoms.